The van der Waals surface area contributed by atoms with E-state index < -0.39 is 0 Å². The van der Waals surface area contributed by atoms with Crippen molar-refractivity contribution in [3.63, 3.8) is 0 Å². The number of hydrogen-bond donors (Lipinski definition) is 2. The van der Waals surface area contributed by atoms with Crippen LogP contribution in [0.2, 0.25) is 0 Å². The Hall–Kier alpha value is -1.98. The number of anilines is 1. The van der Waals surface area contributed by atoms with Gasteiger partial charge in [0.15, 0.2) is 0 Å². The topological polar surface area (TPSA) is 41.9 Å². The third kappa shape index (κ3) is 5.26. The lowest BCUT2D eigenvalue weighted by Crippen LogP contribution is -2.18. The maximum absolute atomic E-state index is 4.53. The van der Waals surface area contributed by atoms with Gasteiger partial charge in [-0.3, -0.25) is 4.72 Å². The molecule has 1 aliphatic rings. The van der Waals surface area contributed by atoms with Crippen LogP contribution in [0.1, 0.15) is 33.6 Å². The van der Waals surface area contributed by atoms with Gasteiger partial charge in [-0.2, -0.15) is 0 Å². The maximum Gasteiger partial charge on any atom is 0.0951 e. The summed E-state index contributed by atoms with van der Waals surface area (Å²) >= 11 is 1.61. The summed E-state index contributed by atoms with van der Waals surface area (Å²) in [6.07, 6.45) is 13.0. The largest absolute Gasteiger partial charge is 0.378 e. The predicted molar refractivity (Wildman–Crippen MR) is 114 cm³/mol. The first kappa shape index (κ1) is 20.3. The molecule has 140 valence electrons. The highest BCUT2D eigenvalue weighted by molar-refractivity contribution is 7.97. The molecule has 2 N–H and O–H groups in total. The quantitative estimate of drug-likeness (QED) is 0.667. The van der Waals surface area contributed by atoms with Crippen LogP contribution < -0.4 is 10.0 Å². The smallest absolute Gasteiger partial charge is 0.0951 e. The van der Waals surface area contributed by atoms with Crippen LogP contribution in [0.25, 0.3) is 11.3 Å². The molecular weight excluding hydrogens is 340 g/mol. The molecule has 0 saturated carbocycles. The van der Waals surface area contributed by atoms with Gasteiger partial charge < -0.3 is 9.88 Å². The molecule has 1 aromatic heterocycles. The van der Waals surface area contributed by atoms with Gasteiger partial charge in [0.05, 0.1) is 12.0 Å². The standard InChI is InChI=1S/C19H24N4S.C2H6/c1-14(15-7-5-4-6-8-15)22-18-10-9-16(24-20-2)11-17(18)19-12-23(3)13-21-19;1-2/h5,7-14,20,22H,4,6H2,1-3H3;1-2H3/t14-;/m0./s1. The first-order valence-corrected chi connectivity index (χ1v) is 10.1. The number of aromatic nitrogens is 2. The van der Waals surface area contributed by atoms with Gasteiger partial charge in [0.2, 0.25) is 0 Å². The van der Waals surface area contributed by atoms with E-state index in [0.717, 1.165) is 29.8 Å². The number of rotatable bonds is 6. The first-order chi connectivity index (χ1) is 12.7. The third-order valence-corrected chi connectivity index (χ3v) is 4.78. The van der Waals surface area contributed by atoms with E-state index in [1.165, 1.54) is 10.5 Å². The van der Waals surface area contributed by atoms with Crippen molar-refractivity contribution >= 4 is 17.6 Å². The molecule has 0 amide bonds. The van der Waals surface area contributed by atoms with Crippen molar-refractivity contribution in [3.8, 4) is 11.3 Å². The van der Waals surface area contributed by atoms with Crippen LogP contribution in [-0.4, -0.2) is 22.6 Å². The van der Waals surface area contributed by atoms with Gasteiger partial charge in [0.25, 0.3) is 0 Å². The van der Waals surface area contributed by atoms with E-state index in [4.69, 9.17) is 0 Å². The van der Waals surface area contributed by atoms with E-state index in [0.29, 0.717) is 0 Å². The van der Waals surface area contributed by atoms with Crippen LogP contribution in [-0.2, 0) is 7.05 Å². The molecule has 0 spiro atoms. The zero-order valence-corrected chi connectivity index (χ0v) is 17.2. The monoisotopic (exact) mass is 370 g/mol. The molecule has 1 aromatic carbocycles. The predicted octanol–water partition coefficient (Wildman–Crippen LogP) is 5.42. The summed E-state index contributed by atoms with van der Waals surface area (Å²) in [5, 5.41) is 3.66. The maximum atomic E-state index is 4.53. The van der Waals surface area contributed by atoms with Crippen molar-refractivity contribution in [3.05, 3.63) is 54.5 Å². The van der Waals surface area contributed by atoms with E-state index in [1.807, 2.05) is 38.8 Å². The third-order valence-electron chi connectivity index (χ3n) is 4.09. The highest BCUT2D eigenvalue weighted by atomic mass is 32.2. The van der Waals surface area contributed by atoms with Gasteiger partial charge >= 0.3 is 0 Å². The van der Waals surface area contributed by atoms with Gasteiger partial charge in [-0.25, -0.2) is 4.98 Å². The second kappa shape index (κ2) is 10.2. The summed E-state index contributed by atoms with van der Waals surface area (Å²) in [5.74, 6) is 0. The molecule has 5 heteroatoms. The fraction of sp³-hybridized carbons (Fsp3) is 0.381. The molecule has 0 bridgehead atoms. The normalized spacial score (nSPS) is 14.3. The summed E-state index contributed by atoms with van der Waals surface area (Å²) in [6.45, 7) is 6.21. The molecule has 3 rings (SSSR count). The lowest BCUT2D eigenvalue weighted by molar-refractivity contribution is 0.905. The van der Waals surface area contributed by atoms with Crippen LogP contribution in [0.3, 0.4) is 0 Å². The van der Waals surface area contributed by atoms with Gasteiger partial charge in [0.1, 0.15) is 0 Å². The molecule has 0 unspecified atom stereocenters. The first-order valence-electron chi connectivity index (χ1n) is 9.26. The fourth-order valence-corrected chi connectivity index (χ4v) is 3.41. The number of aryl methyl sites for hydroxylation is 1. The minimum atomic E-state index is 0.270. The average Bonchev–Trinajstić information content (AvgIpc) is 3.11. The summed E-state index contributed by atoms with van der Waals surface area (Å²) in [5.41, 5.74) is 4.57. The number of allylic oxidation sites excluding steroid dienone is 2. The molecule has 26 heavy (non-hydrogen) atoms. The molecule has 1 aliphatic carbocycles. The number of nitrogens with one attached hydrogen (secondary N) is 2. The Morgan fingerprint density at radius 1 is 1.23 bits per heavy atom. The SMILES string of the molecule is CC.CNSc1ccc(N[C@@H](C)C2=CCCC=C2)c(-c2cn(C)cn2)c1. The van der Waals surface area contributed by atoms with Crippen molar-refractivity contribution in [1.82, 2.24) is 14.3 Å². The minimum Gasteiger partial charge on any atom is -0.378 e. The molecule has 0 aliphatic heterocycles. The summed E-state index contributed by atoms with van der Waals surface area (Å²) in [7, 11) is 3.93. The number of hydrogen-bond acceptors (Lipinski definition) is 4. The van der Waals surface area contributed by atoms with Gasteiger partial charge in [-0.15, -0.1) is 0 Å². The number of benzene rings is 1. The Morgan fingerprint density at radius 2 is 2.04 bits per heavy atom. The Bertz CT molecular complexity index is 761. The molecule has 2 aromatic rings. The summed E-state index contributed by atoms with van der Waals surface area (Å²) < 4.78 is 5.11. The summed E-state index contributed by atoms with van der Waals surface area (Å²) in [6, 6.07) is 6.73. The Balaban J connectivity index is 0.00000117. The molecule has 1 atom stereocenters. The Kier molecular flexibility index (Phi) is 8.01. The Morgan fingerprint density at radius 3 is 2.65 bits per heavy atom. The van der Waals surface area contributed by atoms with Crippen LogP contribution in [0.5, 0.6) is 0 Å². The molecule has 4 nitrogen and oxygen atoms in total. The molecular formula is C21H30N4S. The summed E-state index contributed by atoms with van der Waals surface area (Å²) in [4.78, 5) is 5.71. The van der Waals surface area contributed by atoms with E-state index in [9.17, 15) is 0 Å². The Labute approximate surface area is 161 Å². The van der Waals surface area contributed by atoms with Crippen LogP contribution in [0, 0.1) is 0 Å². The highest BCUT2D eigenvalue weighted by Gasteiger charge is 2.13. The van der Waals surface area contributed by atoms with E-state index >= 15 is 0 Å². The van der Waals surface area contributed by atoms with Crippen molar-refractivity contribution in [2.75, 3.05) is 12.4 Å². The van der Waals surface area contributed by atoms with E-state index in [-0.39, 0.29) is 6.04 Å². The second-order valence-electron chi connectivity index (χ2n) is 5.99. The zero-order valence-electron chi connectivity index (χ0n) is 16.4. The van der Waals surface area contributed by atoms with Gasteiger partial charge in [0, 0.05) is 35.4 Å². The van der Waals surface area contributed by atoms with Crippen molar-refractivity contribution in [2.45, 2.75) is 44.6 Å². The van der Waals surface area contributed by atoms with Gasteiger partial charge in [-0.05, 0) is 62.5 Å². The minimum absolute atomic E-state index is 0.270. The van der Waals surface area contributed by atoms with Crippen LogP contribution in [0.15, 0.2) is 59.4 Å². The fourth-order valence-electron chi connectivity index (χ4n) is 2.87. The van der Waals surface area contributed by atoms with E-state index in [1.54, 1.807) is 11.9 Å². The lowest BCUT2D eigenvalue weighted by atomic mass is 10.0. The zero-order chi connectivity index (χ0) is 18.9. The van der Waals surface area contributed by atoms with Crippen LogP contribution >= 0.6 is 11.9 Å². The lowest BCUT2D eigenvalue weighted by Gasteiger charge is -2.21. The van der Waals surface area contributed by atoms with Crippen molar-refractivity contribution in [1.29, 1.82) is 0 Å². The van der Waals surface area contributed by atoms with Crippen molar-refractivity contribution in [2.24, 2.45) is 7.05 Å². The molecule has 0 radical (unpaired) electrons. The van der Waals surface area contributed by atoms with Crippen molar-refractivity contribution < 1.29 is 0 Å². The molecule has 0 fully saturated rings. The number of nitrogens with zero attached hydrogens (tertiary/aromatic N) is 2. The van der Waals surface area contributed by atoms with E-state index in [2.05, 4.69) is 64.6 Å². The van der Waals surface area contributed by atoms with Crippen LogP contribution in [0.4, 0.5) is 5.69 Å². The van der Waals surface area contributed by atoms with Gasteiger partial charge in [-0.1, -0.05) is 32.1 Å². The average molecular weight is 371 g/mol. The second-order valence-corrected chi connectivity index (χ2v) is 7.07. The molecule has 0 saturated heterocycles. The molecule has 1 heterocycles. The highest BCUT2D eigenvalue weighted by Crippen LogP contribution is 2.32. The number of imidazole rings is 1.